The number of hydrogen-bond donors (Lipinski definition) is 2. The lowest BCUT2D eigenvalue weighted by Gasteiger charge is -2.16. The molecule has 0 bridgehead atoms. The fourth-order valence-corrected chi connectivity index (χ4v) is 2.15. The summed E-state index contributed by atoms with van der Waals surface area (Å²) in [6, 6.07) is 7.93. The maximum atomic E-state index is 9.56. The van der Waals surface area contributed by atoms with Crippen LogP contribution >= 0.6 is 0 Å². The summed E-state index contributed by atoms with van der Waals surface area (Å²) in [4.78, 5) is 0. The van der Waals surface area contributed by atoms with E-state index in [-0.39, 0.29) is 0 Å². The molecule has 0 spiro atoms. The Kier molecular flexibility index (Phi) is 7.53. The highest BCUT2D eigenvalue weighted by atomic mass is 16.5. The average molecular weight is 265 g/mol. The SMILES string of the molecule is CCCC(CC)COc1cccc(CC(O)CN)c1. The van der Waals surface area contributed by atoms with Gasteiger partial charge in [-0.25, -0.2) is 0 Å². The number of ether oxygens (including phenoxy) is 1. The Balaban J connectivity index is 2.51. The molecule has 2 unspecified atom stereocenters. The molecule has 0 aromatic heterocycles. The van der Waals surface area contributed by atoms with Crippen molar-refractivity contribution in [2.24, 2.45) is 11.7 Å². The van der Waals surface area contributed by atoms with E-state index in [0.29, 0.717) is 18.9 Å². The maximum absolute atomic E-state index is 9.56. The molecule has 1 rings (SSSR count). The summed E-state index contributed by atoms with van der Waals surface area (Å²) in [5.41, 5.74) is 6.49. The van der Waals surface area contributed by atoms with Crippen LogP contribution in [0.15, 0.2) is 24.3 Å². The van der Waals surface area contributed by atoms with E-state index in [0.717, 1.165) is 24.3 Å². The molecule has 0 aliphatic heterocycles. The van der Waals surface area contributed by atoms with Crippen molar-refractivity contribution in [2.45, 2.75) is 45.6 Å². The predicted octanol–water partition coefficient (Wildman–Crippen LogP) is 2.75. The van der Waals surface area contributed by atoms with Gasteiger partial charge in [-0.3, -0.25) is 0 Å². The quantitative estimate of drug-likeness (QED) is 0.722. The van der Waals surface area contributed by atoms with Crippen LogP contribution in [0.4, 0.5) is 0 Å². The van der Waals surface area contributed by atoms with E-state index in [9.17, 15) is 5.11 Å². The minimum absolute atomic E-state index is 0.291. The maximum Gasteiger partial charge on any atom is 0.119 e. The number of rotatable bonds is 9. The predicted molar refractivity (Wildman–Crippen MR) is 79.4 cm³/mol. The molecule has 0 aliphatic carbocycles. The third-order valence-electron chi connectivity index (χ3n) is 3.40. The summed E-state index contributed by atoms with van der Waals surface area (Å²) in [7, 11) is 0. The lowest BCUT2D eigenvalue weighted by Crippen LogP contribution is -2.21. The molecule has 1 aromatic carbocycles. The Morgan fingerprint density at radius 3 is 2.74 bits per heavy atom. The summed E-state index contributed by atoms with van der Waals surface area (Å²) < 4.78 is 5.85. The number of benzene rings is 1. The Bertz CT molecular complexity index is 354. The lowest BCUT2D eigenvalue weighted by molar-refractivity contribution is 0.183. The third kappa shape index (κ3) is 6.08. The van der Waals surface area contributed by atoms with Crippen LogP contribution < -0.4 is 10.5 Å². The fourth-order valence-electron chi connectivity index (χ4n) is 2.15. The third-order valence-corrected chi connectivity index (χ3v) is 3.40. The van der Waals surface area contributed by atoms with Crippen LogP contribution in [0, 0.1) is 5.92 Å². The van der Waals surface area contributed by atoms with Crippen molar-refractivity contribution in [1.29, 1.82) is 0 Å². The highest BCUT2D eigenvalue weighted by Crippen LogP contribution is 2.18. The minimum Gasteiger partial charge on any atom is -0.493 e. The van der Waals surface area contributed by atoms with E-state index in [1.807, 2.05) is 24.3 Å². The molecule has 3 N–H and O–H groups in total. The number of nitrogens with two attached hydrogens (primary N) is 1. The largest absolute Gasteiger partial charge is 0.493 e. The number of aliphatic hydroxyl groups excluding tert-OH is 1. The molecule has 3 heteroatoms. The van der Waals surface area contributed by atoms with Gasteiger partial charge in [-0.05, 0) is 36.5 Å². The van der Waals surface area contributed by atoms with E-state index in [1.54, 1.807) is 0 Å². The van der Waals surface area contributed by atoms with Gasteiger partial charge in [0, 0.05) is 6.54 Å². The molecule has 0 saturated carbocycles. The van der Waals surface area contributed by atoms with Crippen LogP contribution in [0.3, 0.4) is 0 Å². The second-order valence-electron chi connectivity index (χ2n) is 5.12. The second kappa shape index (κ2) is 8.94. The normalized spacial score (nSPS) is 14.1. The fraction of sp³-hybridized carbons (Fsp3) is 0.625. The average Bonchev–Trinajstić information content (AvgIpc) is 2.43. The van der Waals surface area contributed by atoms with Gasteiger partial charge in [0.05, 0.1) is 12.7 Å². The molecule has 0 radical (unpaired) electrons. The first-order valence-corrected chi connectivity index (χ1v) is 7.29. The highest BCUT2D eigenvalue weighted by molar-refractivity contribution is 5.29. The Labute approximate surface area is 116 Å². The van der Waals surface area contributed by atoms with Crippen LogP contribution in [0.2, 0.25) is 0 Å². The highest BCUT2D eigenvalue weighted by Gasteiger charge is 2.07. The second-order valence-corrected chi connectivity index (χ2v) is 5.12. The van der Waals surface area contributed by atoms with Crippen LogP contribution in [-0.4, -0.2) is 24.4 Å². The van der Waals surface area contributed by atoms with Gasteiger partial charge in [-0.2, -0.15) is 0 Å². The standard InChI is InChI=1S/C16H27NO2/c1-3-6-13(4-2)12-19-16-8-5-7-14(10-16)9-15(18)11-17/h5,7-8,10,13,15,18H,3-4,6,9,11-12,17H2,1-2H3. The summed E-state index contributed by atoms with van der Waals surface area (Å²) in [6.07, 6.45) is 3.67. The Hall–Kier alpha value is -1.06. The zero-order valence-electron chi connectivity index (χ0n) is 12.1. The van der Waals surface area contributed by atoms with Crippen LogP contribution in [0.1, 0.15) is 38.7 Å². The molecule has 2 atom stereocenters. The topological polar surface area (TPSA) is 55.5 Å². The molecule has 0 fully saturated rings. The first-order valence-electron chi connectivity index (χ1n) is 7.29. The van der Waals surface area contributed by atoms with Crippen molar-refractivity contribution >= 4 is 0 Å². The van der Waals surface area contributed by atoms with Gasteiger partial charge >= 0.3 is 0 Å². The molecule has 3 nitrogen and oxygen atoms in total. The molecular formula is C16H27NO2. The van der Waals surface area contributed by atoms with Gasteiger partial charge < -0.3 is 15.6 Å². The summed E-state index contributed by atoms with van der Waals surface area (Å²) >= 11 is 0. The van der Waals surface area contributed by atoms with Gasteiger partial charge in [-0.1, -0.05) is 38.8 Å². The van der Waals surface area contributed by atoms with Gasteiger partial charge in [0.25, 0.3) is 0 Å². The molecule has 0 saturated heterocycles. The van der Waals surface area contributed by atoms with E-state index >= 15 is 0 Å². The smallest absolute Gasteiger partial charge is 0.119 e. The zero-order chi connectivity index (χ0) is 14.1. The van der Waals surface area contributed by atoms with Gasteiger partial charge in [0.2, 0.25) is 0 Å². The lowest BCUT2D eigenvalue weighted by atomic mass is 10.0. The molecule has 0 amide bonds. The first kappa shape index (κ1) is 16.0. The van der Waals surface area contributed by atoms with Crippen molar-refractivity contribution in [3.05, 3.63) is 29.8 Å². The van der Waals surface area contributed by atoms with E-state index in [1.165, 1.54) is 12.8 Å². The van der Waals surface area contributed by atoms with Crippen LogP contribution in [-0.2, 0) is 6.42 Å². The van der Waals surface area contributed by atoms with Gasteiger partial charge in [-0.15, -0.1) is 0 Å². The van der Waals surface area contributed by atoms with Crippen LogP contribution in [0.5, 0.6) is 5.75 Å². The monoisotopic (exact) mass is 265 g/mol. The van der Waals surface area contributed by atoms with Crippen molar-refractivity contribution < 1.29 is 9.84 Å². The van der Waals surface area contributed by atoms with Gasteiger partial charge in [0.15, 0.2) is 0 Å². The Morgan fingerprint density at radius 2 is 2.11 bits per heavy atom. The summed E-state index contributed by atoms with van der Waals surface area (Å²) in [5, 5.41) is 9.56. The zero-order valence-corrected chi connectivity index (χ0v) is 12.1. The number of hydrogen-bond acceptors (Lipinski definition) is 3. The first-order chi connectivity index (χ1) is 9.19. The molecule has 0 heterocycles. The molecule has 19 heavy (non-hydrogen) atoms. The molecule has 0 aliphatic rings. The number of aliphatic hydroxyl groups is 1. The summed E-state index contributed by atoms with van der Waals surface area (Å²) in [5.74, 6) is 1.51. The molecule has 108 valence electrons. The van der Waals surface area contributed by atoms with Crippen molar-refractivity contribution in [3.63, 3.8) is 0 Å². The van der Waals surface area contributed by atoms with Gasteiger partial charge in [0.1, 0.15) is 5.75 Å². The van der Waals surface area contributed by atoms with Crippen LogP contribution in [0.25, 0.3) is 0 Å². The minimum atomic E-state index is -0.473. The molecule has 1 aromatic rings. The Morgan fingerprint density at radius 1 is 1.32 bits per heavy atom. The molecular weight excluding hydrogens is 238 g/mol. The van der Waals surface area contributed by atoms with E-state index in [2.05, 4.69) is 13.8 Å². The summed E-state index contributed by atoms with van der Waals surface area (Å²) in [6.45, 7) is 5.47. The van der Waals surface area contributed by atoms with Crippen molar-refractivity contribution in [3.8, 4) is 5.75 Å². The van der Waals surface area contributed by atoms with E-state index in [4.69, 9.17) is 10.5 Å². The van der Waals surface area contributed by atoms with Crippen molar-refractivity contribution in [1.82, 2.24) is 0 Å². The van der Waals surface area contributed by atoms with E-state index < -0.39 is 6.10 Å². The van der Waals surface area contributed by atoms with Crippen molar-refractivity contribution in [2.75, 3.05) is 13.2 Å².